The maximum Gasteiger partial charge on any atom is 0.00472 e. The first-order valence-corrected chi connectivity index (χ1v) is 7.57. The molecular weight excluding hydrogens is 208 g/mol. The lowest BCUT2D eigenvalue weighted by Crippen LogP contribution is -2.45. The van der Waals surface area contributed by atoms with Crippen LogP contribution in [0.4, 0.5) is 0 Å². The summed E-state index contributed by atoms with van der Waals surface area (Å²) in [6.07, 6.45) is 11.6. The molecule has 0 unspecified atom stereocenters. The zero-order valence-electron chi connectivity index (χ0n) is 11.8. The van der Waals surface area contributed by atoms with Crippen molar-refractivity contribution in [1.29, 1.82) is 0 Å². The van der Waals surface area contributed by atoms with Gasteiger partial charge in [0.2, 0.25) is 0 Å². The van der Waals surface area contributed by atoms with Crippen molar-refractivity contribution in [2.24, 2.45) is 11.3 Å². The van der Waals surface area contributed by atoms with E-state index in [1.54, 1.807) is 0 Å². The van der Waals surface area contributed by atoms with Gasteiger partial charge in [0.25, 0.3) is 0 Å². The molecule has 0 bridgehead atoms. The third-order valence-corrected chi connectivity index (χ3v) is 4.87. The molecule has 0 saturated heterocycles. The Morgan fingerprint density at radius 3 is 2.35 bits per heavy atom. The van der Waals surface area contributed by atoms with E-state index < -0.39 is 0 Å². The summed E-state index contributed by atoms with van der Waals surface area (Å²) in [7, 11) is 4.45. The van der Waals surface area contributed by atoms with Crippen LogP contribution in [0.5, 0.6) is 0 Å². The Kier molecular flexibility index (Phi) is 4.87. The molecular formula is C15H30N2. The summed E-state index contributed by atoms with van der Waals surface area (Å²) in [5.41, 5.74) is 0.575. The van der Waals surface area contributed by atoms with Crippen molar-refractivity contribution in [2.45, 2.75) is 51.4 Å². The van der Waals surface area contributed by atoms with Crippen LogP contribution in [0.1, 0.15) is 51.4 Å². The highest BCUT2D eigenvalue weighted by atomic mass is 15.1. The van der Waals surface area contributed by atoms with Crippen LogP contribution in [0.25, 0.3) is 0 Å². The van der Waals surface area contributed by atoms with Crippen LogP contribution in [0.15, 0.2) is 0 Å². The van der Waals surface area contributed by atoms with Crippen molar-refractivity contribution in [3.8, 4) is 0 Å². The normalized spacial score (nSPS) is 24.9. The van der Waals surface area contributed by atoms with E-state index in [1.807, 2.05) is 0 Å². The maximum absolute atomic E-state index is 3.44. The van der Waals surface area contributed by atoms with Gasteiger partial charge in [-0.25, -0.2) is 0 Å². The Hall–Kier alpha value is -0.0800. The quantitative estimate of drug-likeness (QED) is 0.765. The molecule has 2 rings (SSSR count). The van der Waals surface area contributed by atoms with Crippen LogP contribution in [-0.4, -0.2) is 38.6 Å². The minimum absolute atomic E-state index is 0.575. The molecule has 2 heteroatoms. The van der Waals surface area contributed by atoms with E-state index >= 15 is 0 Å². The average Bonchev–Trinajstić information content (AvgIpc) is 2.25. The number of nitrogens with zero attached hydrogens (tertiary/aromatic N) is 1. The fourth-order valence-electron chi connectivity index (χ4n) is 3.82. The van der Waals surface area contributed by atoms with Crippen molar-refractivity contribution >= 4 is 0 Å². The molecule has 0 heterocycles. The van der Waals surface area contributed by atoms with Gasteiger partial charge < -0.3 is 10.2 Å². The molecule has 0 spiro atoms. The Balaban J connectivity index is 1.82. The molecule has 0 aromatic rings. The zero-order valence-corrected chi connectivity index (χ0v) is 11.8. The molecule has 0 atom stereocenters. The average molecular weight is 238 g/mol. The van der Waals surface area contributed by atoms with Crippen molar-refractivity contribution in [2.75, 3.05) is 33.7 Å². The number of nitrogens with one attached hydrogen (secondary N) is 1. The molecule has 2 fully saturated rings. The van der Waals surface area contributed by atoms with E-state index in [0.29, 0.717) is 5.41 Å². The predicted molar refractivity (Wildman–Crippen MR) is 74.3 cm³/mol. The molecule has 0 radical (unpaired) electrons. The van der Waals surface area contributed by atoms with Gasteiger partial charge in [0, 0.05) is 19.6 Å². The summed E-state index contributed by atoms with van der Waals surface area (Å²) in [6.45, 7) is 3.86. The van der Waals surface area contributed by atoms with Crippen LogP contribution >= 0.6 is 0 Å². The van der Waals surface area contributed by atoms with Gasteiger partial charge in [0.05, 0.1) is 0 Å². The molecule has 0 amide bonds. The molecule has 2 aliphatic carbocycles. The molecule has 100 valence electrons. The highest BCUT2D eigenvalue weighted by Gasteiger charge is 2.33. The first-order valence-electron chi connectivity index (χ1n) is 7.57. The van der Waals surface area contributed by atoms with Gasteiger partial charge in [0.15, 0.2) is 0 Å². The molecule has 0 aromatic carbocycles. The van der Waals surface area contributed by atoms with E-state index in [2.05, 4.69) is 24.3 Å². The second-order valence-electron chi connectivity index (χ2n) is 6.58. The highest BCUT2D eigenvalue weighted by molar-refractivity contribution is 4.87. The minimum Gasteiger partial charge on any atom is -0.319 e. The van der Waals surface area contributed by atoms with Crippen molar-refractivity contribution in [1.82, 2.24) is 10.2 Å². The second kappa shape index (κ2) is 6.19. The molecule has 1 N–H and O–H groups in total. The molecule has 0 aliphatic heterocycles. The minimum atomic E-state index is 0.575. The Bertz CT molecular complexity index is 211. The van der Waals surface area contributed by atoms with Crippen LogP contribution in [0, 0.1) is 11.3 Å². The molecule has 0 aromatic heterocycles. The van der Waals surface area contributed by atoms with Gasteiger partial charge >= 0.3 is 0 Å². The summed E-state index contributed by atoms with van der Waals surface area (Å²) in [5.74, 6) is 1.01. The van der Waals surface area contributed by atoms with Crippen LogP contribution < -0.4 is 5.32 Å². The number of hydrogen-bond acceptors (Lipinski definition) is 2. The number of hydrogen-bond donors (Lipinski definition) is 1. The SMILES string of the molecule is CNCC1(CN(C)CC2CCC2)CCCCC1. The fourth-order valence-corrected chi connectivity index (χ4v) is 3.82. The van der Waals surface area contributed by atoms with E-state index in [4.69, 9.17) is 0 Å². The van der Waals surface area contributed by atoms with E-state index in [-0.39, 0.29) is 0 Å². The summed E-state index contributed by atoms with van der Waals surface area (Å²) in [5, 5.41) is 3.44. The largest absolute Gasteiger partial charge is 0.319 e. The zero-order chi connectivity index (χ0) is 12.1. The third kappa shape index (κ3) is 3.69. The summed E-state index contributed by atoms with van der Waals surface area (Å²) in [6, 6.07) is 0. The first kappa shape index (κ1) is 13.4. The fraction of sp³-hybridized carbons (Fsp3) is 1.00. The van der Waals surface area contributed by atoms with Crippen molar-refractivity contribution in [3.05, 3.63) is 0 Å². The lowest BCUT2D eigenvalue weighted by atomic mass is 9.73. The van der Waals surface area contributed by atoms with E-state index in [1.165, 1.54) is 71.0 Å². The molecule has 2 nitrogen and oxygen atoms in total. The van der Waals surface area contributed by atoms with Crippen LogP contribution in [-0.2, 0) is 0 Å². The van der Waals surface area contributed by atoms with Gasteiger partial charge in [-0.3, -0.25) is 0 Å². The molecule has 2 aliphatic rings. The standard InChI is InChI=1S/C15H30N2/c1-16-12-15(9-4-3-5-10-15)13-17(2)11-14-7-6-8-14/h14,16H,3-13H2,1-2H3. The van der Waals surface area contributed by atoms with Gasteiger partial charge in [0.1, 0.15) is 0 Å². The summed E-state index contributed by atoms with van der Waals surface area (Å²) in [4.78, 5) is 2.62. The Morgan fingerprint density at radius 1 is 1.12 bits per heavy atom. The van der Waals surface area contributed by atoms with Gasteiger partial charge in [-0.2, -0.15) is 0 Å². The van der Waals surface area contributed by atoms with Gasteiger partial charge in [-0.1, -0.05) is 25.7 Å². The van der Waals surface area contributed by atoms with Crippen LogP contribution in [0.2, 0.25) is 0 Å². The molecule has 2 saturated carbocycles. The highest BCUT2D eigenvalue weighted by Crippen LogP contribution is 2.37. The van der Waals surface area contributed by atoms with Crippen molar-refractivity contribution < 1.29 is 0 Å². The lowest BCUT2D eigenvalue weighted by molar-refractivity contribution is 0.0980. The van der Waals surface area contributed by atoms with E-state index in [0.717, 1.165) is 5.92 Å². The van der Waals surface area contributed by atoms with Crippen molar-refractivity contribution in [3.63, 3.8) is 0 Å². The monoisotopic (exact) mass is 238 g/mol. The smallest absolute Gasteiger partial charge is 0.00472 e. The van der Waals surface area contributed by atoms with Gasteiger partial charge in [-0.05, 0) is 51.1 Å². The topological polar surface area (TPSA) is 15.3 Å². The first-order chi connectivity index (χ1) is 8.24. The van der Waals surface area contributed by atoms with Crippen LogP contribution in [0.3, 0.4) is 0 Å². The summed E-state index contributed by atoms with van der Waals surface area (Å²) < 4.78 is 0. The lowest BCUT2D eigenvalue weighted by Gasteiger charge is -2.41. The van der Waals surface area contributed by atoms with Gasteiger partial charge in [-0.15, -0.1) is 0 Å². The third-order valence-electron chi connectivity index (χ3n) is 4.87. The van der Waals surface area contributed by atoms with E-state index in [9.17, 15) is 0 Å². The Labute approximate surface area is 107 Å². The predicted octanol–water partition coefficient (Wildman–Crippen LogP) is 2.89. The summed E-state index contributed by atoms with van der Waals surface area (Å²) >= 11 is 0. The maximum atomic E-state index is 3.44. The second-order valence-corrected chi connectivity index (χ2v) is 6.58. The molecule has 17 heavy (non-hydrogen) atoms. The number of rotatable bonds is 6. The Morgan fingerprint density at radius 2 is 1.82 bits per heavy atom.